The molecule has 0 aliphatic heterocycles. The quantitative estimate of drug-likeness (QED) is 0.680. The van der Waals surface area contributed by atoms with Crippen molar-refractivity contribution in [2.45, 2.75) is 32.7 Å². The van der Waals surface area contributed by atoms with Gasteiger partial charge in [0.05, 0.1) is 5.75 Å². The highest BCUT2D eigenvalue weighted by atomic mass is 32.2. The molecule has 0 aliphatic rings. The predicted octanol–water partition coefficient (Wildman–Crippen LogP) is 1.28. The standard InChI is InChI=1S/C8H17NO2S/c1-5-6-7-12(10,11)9-8(2,3)4/h5,9H,1,6-7H2,2-4H3. The molecule has 0 bridgehead atoms. The zero-order valence-corrected chi connectivity index (χ0v) is 8.74. The van der Waals surface area contributed by atoms with Gasteiger partial charge in [-0.25, -0.2) is 13.1 Å². The van der Waals surface area contributed by atoms with Crippen molar-refractivity contribution >= 4 is 10.0 Å². The van der Waals surface area contributed by atoms with E-state index in [-0.39, 0.29) is 11.3 Å². The Labute approximate surface area is 74.9 Å². The minimum absolute atomic E-state index is 0.119. The molecule has 4 heteroatoms. The molecule has 0 unspecified atom stereocenters. The molecule has 0 radical (unpaired) electrons. The molecule has 12 heavy (non-hydrogen) atoms. The Morgan fingerprint density at radius 1 is 1.42 bits per heavy atom. The first kappa shape index (κ1) is 11.6. The van der Waals surface area contributed by atoms with Gasteiger partial charge in [-0.3, -0.25) is 0 Å². The zero-order valence-electron chi connectivity index (χ0n) is 7.92. The Balaban J connectivity index is 4.15. The summed E-state index contributed by atoms with van der Waals surface area (Å²) in [5.41, 5.74) is -0.389. The van der Waals surface area contributed by atoms with Crippen LogP contribution in [0.5, 0.6) is 0 Å². The van der Waals surface area contributed by atoms with Crippen molar-refractivity contribution in [2.75, 3.05) is 5.75 Å². The first-order chi connectivity index (χ1) is 5.27. The summed E-state index contributed by atoms with van der Waals surface area (Å²) in [7, 11) is -3.12. The highest BCUT2D eigenvalue weighted by Gasteiger charge is 2.18. The van der Waals surface area contributed by atoms with Crippen LogP contribution in [0.3, 0.4) is 0 Å². The third-order valence-electron chi connectivity index (χ3n) is 1.05. The summed E-state index contributed by atoms with van der Waals surface area (Å²) in [5, 5.41) is 0. The molecular weight excluding hydrogens is 174 g/mol. The van der Waals surface area contributed by atoms with E-state index in [1.54, 1.807) is 6.08 Å². The first-order valence-corrected chi connectivity index (χ1v) is 5.54. The number of nitrogens with one attached hydrogen (secondary N) is 1. The normalized spacial score (nSPS) is 12.9. The molecule has 3 nitrogen and oxygen atoms in total. The van der Waals surface area contributed by atoms with Gasteiger partial charge in [0.15, 0.2) is 0 Å². The van der Waals surface area contributed by atoms with Crippen molar-refractivity contribution in [3.63, 3.8) is 0 Å². The lowest BCUT2D eigenvalue weighted by molar-refractivity contribution is 0.491. The molecule has 0 amide bonds. The maximum atomic E-state index is 11.2. The van der Waals surface area contributed by atoms with E-state index < -0.39 is 10.0 Å². The van der Waals surface area contributed by atoms with Gasteiger partial charge in [0.25, 0.3) is 0 Å². The molecule has 72 valence electrons. The highest BCUT2D eigenvalue weighted by Crippen LogP contribution is 2.02. The predicted molar refractivity (Wildman–Crippen MR) is 51.5 cm³/mol. The summed E-state index contributed by atoms with van der Waals surface area (Å²) in [6.45, 7) is 8.92. The van der Waals surface area contributed by atoms with E-state index in [9.17, 15) is 8.42 Å². The second-order valence-corrected chi connectivity index (χ2v) is 5.59. The zero-order chi connectivity index (χ0) is 9.83. The van der Waals surface area contributed by atoms with Gasteiger partial charge in [-0.1, -0.05) is 6.08 Å². The van der Waals surface area contributed by atoms with Gasteiger partial charge in [-0.05, 0) is 27.2 Å². The fourth-order valence-corrected chi connectivity index (χ4v) is 2.27. The smallest absolute Gasteiger partial charge is 0.212 e. The third kappa shape index (κ3) is 6.37. The lowest BCUT2D eigenvalue weighted by Gasteiger charge is -2.19. The fourth-order valence-electron chi connectivity index (χ4n) is 0.756. The average Bonchev–Trinajstić information content (AvgIpc) is 1.78. The van der Waals surface area contributed by atoms with Crippen LogP contribution in [0.2, 0.25) is 0 Å². The first-order valence-electron chi connectivity index (χ1n) is 3.89. The number of allylic oxidation sites excluding steroid dienone is 1. The summed E-state index contributed by atoms with van der Waals surface area (Å²) in [6, 6.07) is 0. The van der Waals surface area contributed by atoms with Crippen molar-refractivity contribution < 1.29 is 8.42 Å². The minimum Gasteiger partial charge on any atom is -0.212 e. The molecular formula is C8H17NO2S. The van der Waals surface area contributed by atoms with Crippen LogP contribution in [0.15, 0.2) is 12.7 Å². The molecule has 1 N–H and O–H groups in total. The van der Waals surface area contributed by atoms with E-state index in [2.05, 4.69) is 11.3 Å². The maximum Gasteiger partial charge on any atom is 0.212 e. The Hall–Kier alpha value is -0.350. The fraction of sp³-hybridized carbons (Fsp3) is 0.750. The summed E-state index contributed by atoms with van der Waals surface area (Å²) in [4.78, 5) is 0. The van der Waals surface area contributed by atoms with E-state index in [0.717, 1.165) is 0 Å². The Morgan fingerprint density at radius 2 is 1.92 bits per heavy atom. The van der Waals surface area contributed by atoms with Crippen molar-refractivity contribution in [3.05, 3.63) is 12.7 Å². The second-order valence-electron chi connectivity index (χ2n) is 3.75. The van der Waals surface area contributed by atoms with E-state index in [4.69, 9.17) is 0 Å². The molecule has 0 spiro atoms. The van der Waals surface area contributed by atoms with Crippen molar-refractivity contribution in [1.82, 2.24) is 4.72 Å². The largest absolute Gasteiger partial charge is 0.212 e. The number of hydrogen-bond donors (Lipinski definition) is 1. The van der Waals surface area contributed by atoms with Crippen LogP contribution in [0.4, 0.5) is 0 Å². The van der Waals surface area contributed by atoms with Crippen LogP contribution in [0, 0.1) is 0 Å². The monoisotopic (exact) mass is 191 g/mol. The molecule has 0 aromatic heterocycles. The third-order valence-corrected chi connectivity index (χ3v) is 2.75. The van der Waals surface area contributed by atoms with E-state index in [0.29, 0.717) is 6.42 Å². The maximum absolute atomic E-state index is 11.2. The van der Waals surface area contributed by atoms with Crippen molar-refractivity contribution in [1.29, 1.82) is 0 Å². The van der Waals surface area contributed by atoms with Gasteiger partial charge in [0.1, 0.15) is 0 Å². The van der Waals surface area contributed by atoms with Gasteiger partial charge < -0.3 is 0 Å². The van der Waals surface area contributed by atoms with Crippen LogP contribution in [-0.4, -0.2) is 19.7 Å². The van der Waals surface area contributed by atoms with Gasteiger partial charge >= 0.3 is 0 Å². The van der Waals surface area contributed by atoms with Gasteiger partial charge in [-0.2, -0.15) is 0 Å². The van der Waals surface area contributed by atoms with E-state index in [1.165, 1.54) is 0 Å². The Kier molecular flexibility index (Phi) is 3.93. The lowest BCUT2D eigenvalue weighted by Crippen LogP contribution is -2.41. The molecule has 0 heterocycles. The Bertz CT molecular complexity index is 236. The van der Waals surface area contributed by atoms with E-state index in [1.807, 2.05) is 20.8 Å². The summed E-state index contributed by atoms with van der Waals surface area (Å²) < 4.78 is 25.0. The molecule has 0 aromatic rings. The van der Waals surface area contributed by atoms with Crippen molar-refractivity contribution in [3.8, 4) is 0 Å². The number of sulfonamides is 1. The minimum atomic E-state index is -3.12. The summed E-state index contributed by atoms with van der Waals surface area (Å²) in [5.74, 6) is 0.119. The van der Waals surface area contributed by atoms with Crippen LogP contribution in [0.25, 0.3) is 0 Å². The van der Waals surface area contributed by atoms with Crippen LogP contribution >= 0.6 is 0 Å². The molecule has 0 atom stereocenters. The Morgan fingerprint density at radius 3 is 2.25 bits per heavy atom. The average molecular weight is 191 g/mol. The second kappa shape index (κ2) is 4.05. The summed E-state index contributed by atoms with van der Waals surface area (Å²) in [6.07, 6.45) is 2.09. The van der Waals surface area contributed by atoms with Crippen LogP contribution < -0.4 is 4.72 Å². The van der Waals surface area contributed by atoms with Crippen molar-refractivity contribution in [2.24, 2.45) is 0 Å². The summed E-state index contributed by atoms with van der Waals surface area (Å²) >= 11 is 0. The van der Waals surface area contributed by atoms with Gasteiger partial charge in [0.2, 0.25) is 10.0 Å². The van der Waals surface area contributed by atoms with Crippen LogP contribution in [-0.2, 0) is 10.0 Å². The van der Waals surface area contributed by atoms with Crippen LogP contribution in [0.1, 0.15) is 27.2 Å². The lowest BCUT2D eigenvalue weighted by atomic mass is 10.1. The number of rotatable bonds is 4. The molecule has 0 rings (SSSR count). The molecule has 0 fully saturated rings. The highest BCUT2D eigenvalue weighted by molar-refractivity contribution is 7.89. The molecule has 0 saturated carbocycles. The molecule has 0 aliphatic carbocycles. The topological polar surface area (TPSA) is 46.2 Å². The number of hydrogen-bond acceptors (Lipinski definition) is 2. The molecule has 0 saturated heterocycles. The van der Waals surface area contributed by atoms with E-state index >= 15 is 0 Å². The SMILES string of the molecule is C=CCCS(=O)(=O)NC(C)(C)C. The van der Waals surface area contributed by atoms with Gasteiger partial charge in [-0.15, -0.1) is 6.58 Å². The molecule has 0 aromatic carbocycles. The van der Waals surface area contributed by atoms with Gasteiger partial charge in [0, 0.05) is 5.54 Å².